The molecule has 9 rings (SSSR count). The first-order chi connectivity index (χ1) is 19.3. The molecule has 7 aliphatic heterocycles. The Morgan fingerprint density at radius 1 is 0.905 bits per heavy atom. The quantitative estimate of drug-likeness (QED) is 0.176. The predicted molar refractivity (Wildman–Crippen MR) is 128 cm³/mol. The minimum absolute atomic E-state index is 0.0469. The van der Waals surface area contributed by atoms with Crippen molar-refractivity contribution in [3.63, 3.8) is 0 Å². The van der Waals surface area contributed by atoms with Crippen LogP contribution in [-0.4, -0.2) is 114 Å². The van der Waals surface area contributed by atoms with E-state index in [1.807, 2.05) is 13.8 Å². The molecule has 14 heteroatoms. The number of aliphatic hydroxyl groups excluding tert-OH is 1. The van der Waals surface area contributed by atoms with Crippen molar-refractivity contribution in [1.82, 2.24) is 0 Å². The fourth-order valence-electron chi connectivity index (χ4n) is 11.0. The van der Waals surface area contributed by atoms with E-state index in [0.29, 0.717) is 0 Å². The van der Waals surface area contributed by atoms with Crippen LogP contribution in [-0.2, 0) is 47.6 Å². The number of Topliss-reactive ketones (excluding diaryl/α,β-unsaturated/α-hetero) is 2. The van der Waals surface area contributed by atoms with Gasteiger partial charge in [0.05, 0.1) is 17.9 Å². The van der Waals surface area contributed by atoms with Crippen LogP contribution < -0.4 is 0 Å². The molecule has 0 aromatic rings. The summed E-state index contributed by atoms with van der Waals surface area (Å²) in [5, 5.41) is 46.9. The van der Waals surface area contributed by atoms with Crippen molar-refractivity contribution in [1.29, 1.82) is 0 Å². The largest absolute Gasteiger partial charge is 0.456 e. The van der Waals surface area contributed by atoms with Gasteiger partial charge in [0.25, 0.3) is 0 Å². The molecule has 9 fully saturated rings. The molecule has 4 spiro atoms. The third-order valence-electron chi connectivity index (χ3n) is 12.7. The lowest BCUT2D eigenvalue weighted by molar-refractivity contribution is -0.372. The fourth-order valence-corrected chi connectivity index (χ4v) is 11.0. The lowest BCUT2D eigenvalue weighted by Gasteiger charge is -2.54. The smallest absolute Gasteiger partial charge is 0.338 e. The van der Waals surface area contributed by atoms with E-state index in [-0.39, 0.29) is 32.1 Å². The van der Waals surface area contributed by atoms with Gasteiger partial charge in [-0.15, -0.1) is 0 Å². The molecule has 7 saturated heterocycles. The number of hydrogen-bond acceptors (Lipinski definition) is 14. The van der Waals surface area contributed by atoms with Gasteiger partial charge in [-0.25, -0.2) is 4.79 Å². The number of ketones is 2. The van der Waals surface area contributed by atoms with Crippen molar-refractivity contribution < 1.29 is 68.0 Å². The summed E-state index contributed by atoms with van der Waals surface area (Å²) in [4.78, 5) is 54.4. The summed E-state index contributed by atoms with van der Waals surface area (Å²) in [6.07, 6.45) is -6.62. The van der Waals surface area contributed by atoms with Gasteiger partial charge in [0, 0.05) is 24.2 Å². The van der Waals surface area contributed by atoms with Gasteiger partial charge < -0.3 is 48.8 Å². The van der Waals surface area contributed by atoms with Gasteiger partial charge in [-0.1, -0.05) is 6.92 Å². The maximum Gasteiger partial charge on any atom is 0.338 e. The lowest BCUT2D eigenvalue weighted by Crippen LogP contribution is -2.75. The van der Waals surface area contributed by atoms with Gasteiger partial charge in [-0.3, -0.25) is 14.4 Å². The minimum Gasteiger partial charge on any atom is -0.456 e. The molecule has 0 radical (unpaired) electrons. The van der Waals surface area contributed by atoms with Gasteiger partial charge in [0.2, 0.25) is 23.0 Å². The van der Waals surface area contributed by atoms with Crippen molar-refractivity contribution in [2.24, 2.45) is 17.3 Å². The van der Waals surface area contributed by atoms with Crippen LogP contribution in [0.3, 0.4) is 0 Å². The standard InChI is InChI=1S/C28H32O14/c1-20(2)10-8-25(35)28(42-25)19(33)27-17-21(3,5-6-23(28,41-27)9-24(10)11(38-20)7-12(29)39-24)18(32)22(4,34)26(17,36)15-14(40-27)13(30)16(31)37-15/h10-11,13-15,17,30,34-36H,5-9H2,1-4H3/t10-,11+,13-,14+,15-,17+,21-,22-,23-,24+,25-,26-,27-,28+/m1/s1. The van der Waals surface area contributed by atoms with Crippen molar-refractivity contribution in [3.8, 4) is 0 Å². The number of esters is 2. The Morgan fingerprint density at radius 2 is 1.62 bits per heavy atom. The van der Waals surface area contributed by atoms with Gasteiger partial charge >= 0.3 is 11.9 Å². The molecule has 14 atom stereocenters. The molecular formula is C28H32O14. The van der Waals surface area contributed by atoms with Crippen molar-refractivity contribution >= 4 is 23.5 Å². The zero-order valence-electron chi connectivity index (χ0n) is 23.4. The Balaban J connectivity index is 1.30. The fraction of sp³-hybridized carbons (Fsp3) is 0.857. The Morgan fingerprint density at radius 3 is 2.33 bits per heavy atom. The summed E-state index contributed by atoms with van der Waals surface area (Å²) in [5.74, 6) is -10.3. The highest BCUT2D eigenvalue weighted by atomic mass is 16.8. The number of carbonyl (C=O) groups is 4. The van der Waals surface area contributed by atoms with Gasteiger partial charge in [0.15, 0.2) is 23.6 Å². The van der Waals surface area contributed by atoms with Crippen LogP contribution in [0.25, 0.3) is 0 Å². The Hall–Kier alpha value is -2.04. The average molecular weight is 593 g/mol. The second kappa shape index (κ2) is 6.50. The molecule has 4 N–H and O–H groups in total. The second-order valence-electron chi connectivity index (χ2n) is 14.9. The Kier molecular flexibility index (Phi) is 4.08. The molecule has 0 amide bonds. The molecule has 228 valence electrons. The van der Waals surface area contributed by atoms with Crippen LogP contribution >= 0.6 is 0 Å². The average Bonchev–Trinajstić information content (AvgIpc) is 3.10. The Labute approximate surface area is 238 Å². The van der Waals surface area contributed by atoms with Gasteiger partial charge in [0.1, 0.15) is 29.0 Å². The van der Waals surface area contributed by atoms with Crippen LogP contribution in [0.5, 0.6) is 0 Å². The Bertz CT molecular complexity index is 1460. The monoisotopic (exact) mass is 592 g/mol. The van der Waals surface area contributed by atoms with Crippen molar-refractivity contribution in [2.75, 3.05) is 0 Å². The van der Waals surface area contributed by atoms with Gasteiger partial charge in [-0.05, 0) is 33.6 Å². The summed E-state index contributed by atoms with van der Waals surface area (Å²) in [6.45, 7) is 6.21. The first-order valence-corrected chi connectivity index (χ1v) is 14.5. The van der Waals surface area contributed by atoms with E-state index in [1.54, 1.807) is 0 Å². The zero-order chi connectivity index (χ0) is 30.1. The minimum atomic E-state index is -2.63. The highest BCUT2D eigenvalue weighted by molar-refractivity contribution is 6.05. The van der Waals surface area contributed by atoms with E-state index in [0.717, 1.165) is 6.92 Å². The van der Waals surface area contributed by atoms with Crippen molar-refractivity contribution in [3.05, 3.63) is 0 Å². The number of hydrogen-bond donors (Lipinski definition) is 4. The number of fused-ring (bicyclic) bond motifs is 2. The molecule has 9 aliphatic rings. The third kappa shape index (κ3) is 2.19. The summed E-state index contributed by atoms with van der Waals surface area (Å²) in [6, 6.07) is 0. The summed E-state index contributed by atoms with van der Waals surface area (Å²) < 4.78 is 36.7. The van der Waals surface area contributed by atoms with Crippen LogP contribution in [0.1, 0.15) is 59.8 Å². The third-order valence-corrected chi connectivity index (χ3v) is 12.7. The topological polar surface area (TPSA) is 208 Å². The van der Waals surface area contributed by atoms with Crippen LogP contribution in [0.15, 0.2) is 0 Å². The molecule has 2 bridgehead atoms. The molecule has 0 aromatic heterocycles. The number of epoxide rings is 1. The molecule has 7 heterocycles. The zero-order valence-corrected chi connectivity index (χ0v) is 23.4. The normalized spacial score (nSPS) is 64.4. The first kappa shape index (κ1) is 26.4. The second-order valence-corrected chi connectivity index (χ2v) is 14.9. The van der Waals surface area contributed by atoms with E-state index >= 15 is 0 Å². The van der Waals surface area contributed by atoms with E-state index in [1.165, 1.54) is 6.92 Å². The van der Waals surface area contributed by atoms with E-state index in [4.69, 9.17) is 28.4 Å². The first-order valence-electron chi connectivity index (χ1n) is 14.5. The maximum atomic E-state index is 15.0. The number of ether oxygens (including phenoxy) is 6. The van der Waals surface area contributed by atoms with Crippen LogP contribution in [0.4, 0.5) is 0 Å². The maximum absolute atomic E-state index is 15.0. The highest BCUT2D eigenvalue weighted by Gasteiger charge is 2.99. The molecule has 2 aliphatic carbocycles. The van der Waals surface area contributed by atoms with E-state index < -0.39 is 110 Å². The number of carbonyl (C=O) groups excluding carboxylic acids is 4. The van der Waals surface area contributed by atoms with Gasteiger partial charge in [-0.2, -0.15) is 0 Å². The van der Waals surface area contributed by atoms with E-state index in [9.17, 15) is 39.6 Å². The highest BCUT2D eigenvalue weighted by Crippen LogP contribution is 2.79. The summed E-state index contributed by atoms with van der Waals surface area (Å²) >= 11 is 0. The van der Waals surface area contributed by atoms with Crippen LogP contribution in [0, 0.1) is 17.3 Å². The van der Waals surface area contributed by atoms with E-state index in [2.05, 4.69) is 0 Å². The number of aliphatic hydroxyl groups is 4. The molecule has 14 nitrogen and oxygen atoms in total. The SMILES string of the molecule is CC1(C)O[C@H]2CC(=O)O[C@]23C[C@@]24CC[C@@]5(C)C(=O)[C@@](C)(O)[C@@]6(O)[C@@H]7OC(=O)[C@H](O)[C@@H]7O[C@](O2)(C(=O)[C@]42O[C@]2(O)C[C@H]13)[C@H]65. The number of rotatable bonds is 0. The molecular weight excluding hydrogens is 560 g/mol. The summed E-state index contributed by atoms with van der Waals surface area (Å²) in [5.41, 5.74) is -12.8. The molecule has 0 unspecified atom stereocenters. The molecule has 0 aromatic carbocycles. The van der Waals surface area contributed by atoms with Crippen molar-refractivity contribution in [2.45, 2.75) is 129 Å². The molecule has 2 saturated carbocycles. The summed E-state index contributed by atoms with van der Waals surface area (Å²) in [7, 11) is 0. The molecule has 42 heavy (non-hydrogen) atoms. The lowest BCUT2D eigenvalue weighted by atomic mass is 9.59. The predicted octanol–water partition coefficient (Wildman–Crippen LogP) is -2.08. The van der Waals surface area contributed by atoms with Crippen LogP contribution in [0.2, 0.25) is 0 Å².